The van der Waals surface area contributed by atoms with Crippen molar-refractivity contribution in [3.05, 3.63) is 16.2 Å². The van der Waals surface area contributed by atoms with E-state index in [0.29, 0.717) is 18.2 Å². The minimum absolute atomic E-state index is 0.500. The molecule has 0 aromatic heterocycles. The van der Waals surface area contributed by atoms with Gasteiger partial charge in [0.2, 0.25) is 0 Å². The van der Waals surface area contributed by atoms with Gasteiger partial charge in [0, 0.05) is 10.2 Å². The molecular formula is C4H3N3O3Si-3. The smallest absolute Gasteiger partial charge is 0.0184 e. The van der Waals surface area contributed by atoms with Crippen LogP contribution in [-0.2, 0) is 14.4 Å². The second-order valence-corrected chi connectivity index (χ2v) is 0.274. The van der Waals surface area contributed by atoms with Gasteiger partial charge in [-0.2, -0.15) is 0 Å². The molecule has 11 heavy (non-hydrogen) atoms. The van der Waals surface area contributed by atoms with Crippen molar-refractivity contribution in [2.45, 2.75) is 6.55 Å². The van der Waals surface area contributed by atoms with E-state index in [2.05, 4.69) is 10.2 Å². The molecule has 0 aliphatic rings. The summed E-state index contributed by atoms with van der Waals surface area (Å²) in [6.45, 7) is 1.81. The van der Waals surface area contributed by atoms with Gasteiger partial charge >= 0.3 is 0 Å². The van der Waals surface area contributed by atoms with Crippen LogP contribution in [0.4, 0.5) is 0 Å². The molecule has 0 unspecified atom stereocenters. The van der Waals surface area contributed by atoms with Gasteiger partial charge in [-0.3, -0.25) is 14.4 Å². The normalized spacial score (nSPS) is 2.73. The van der Waals surface area contributed by atoms with Crippen LogP contribution in [0, 0.1) is 0 Å². The average Bonchev–Trinajstić information content (AvgIpc) is 1.96. The molecule has 0 aromatic carbocycles. The van der Waals surface area contributed by atoms with Crippen LogP contribution in [0.3, 0.4) is 0 Å². The summed E-state index contributed by atoms with van der Waals surface area (Å²) in [7, 11) is 2.97. The standard InChI is InChI=1S/3CNO.CH3Si/c3*2-1-3;1-2/h;;;1H3/q3*-1;. The maximum absolute atomic E-state index is 8.24. The van der Waals surface area contributed by atoms with Crippen molar-refractivity contribution in [1.82, 2.24) is 0 Å². The van der Waals surface area contributed by atoms with E-state index in [1.54, 1.807) is 6.55 Å². The van der Waals surface area contributed by atoms with Crippen LogP contribution < -0.4 is 0 Å². The zero-order valence-electron chi connectivity index (χ0n) is 5.57. The molecule has 6 nitrogen and oxygen atoms in total. The number of isocyanates is 3. The van der Waals surface area contributed by atoms with Crippen LogP contribution in [0.2, 0.25) is 6.55 Å². The fourth-order valence-corrected chi connectivity index (χ4v) is 0. The summed E-state index contributed by atoms with van der Waals surface area (Å²) in [6, 6.07) is 0. The highest BCUT2D eigenvalue weighted by Gasteiger charge is 0.972. The van der Waals surface area contributed by atoms with Gasteiger partial charge in [-0.05, 0) is 18.2 Å². The van der Waals surface area contributed by atoms with Gasteiger partial charge in [0.15, 0.2) is 0 Å². The molecule has 0 bridgehead atoms. The van der Waals surface area contributed by atoms with E-state index in [9.17, 15) is 0 Å². The second-order valence-electron chi connectivity index (χ2n) is 0.274. The van der Waals surface area contributed by atoms with Crippen molar-refractivity contribution >= 4 is 28.5 Å². The van der Waals surface area contributed by atoms with Gasteiger partial charge in [0.05, 0.1) is 0 Å². The number of rotatable bonds is 0. The molecule has 7 heteroatoms. The van der Waals surface area contributed by atoms with Crippen LogP contribution in [-0.4, -0.2) is 28.5 Å². The number of hydrogen-bond donors (Lipinski definition) is 0. The van der Waals surface area contributed by atoms with Crippen molar-refractivity contribution < 1.29 is 14.4 Å². The van der Waals surface area contributed by atoms with Crippen molar-refractivity contribution in [3.63, 3.8) is 0 Å². The van der Waals surface area contributed by atoms with E-state index in [1.165, 1.54) is 0 Å². The Morgan fingerprint density at radius 3 is 0.818 bits per heavy atom. The van der Waals surface area contributed by atoms with E-state index in [4.69, 9.17) is 30.6 Å². The van der Waals surface area contributed by atoms with Crippen LogP contribution in [0.15, 0.2) is 0 Å². The molecule has 0 saturated heterocycles. The molecule has 0 heterocycles. The molecule has 0 aromatic rings. The van der Waals surface area contributed by atoms with Crippen LogP contribution in [0.5, 0.6) is 0 Å². The third kappa shape index (κ3) is 125. The Kier molecular flexibility index (Phi) is 509. The highest BCUT2D eigenvalue weighted by molar-refractivity contribution is 6.05. The number of hydrogen-bond acceptors (Lipinski definition) is 3. The minimum atomic E-state index is 0.500. The van der Waals surface area contributed by atoms with Gasteiger partial charge < -0.3 is 16.2 Å². The molecule has 0 rings (SSSR count). The summed E-state index contributed by atoms with van der Waals surface area (Å²) in [4.78, 5) is 24.7. The maximum Gasteiger partial charge on any atom is 0.0184 e. The van der Waals surface area contributed by atoms with Gasteiger partial charge in [-0.15, -0.1) is 0 Å². The predicted octanol–water partition coefficient (Wildman–Crippen LogP) is -0.122. The third-order valence-electron chi connectivity index (χ3n) is 0. The quantitative estimate of drug-likeness (QED) is 0.285. The fraction of sp³-hybridized carbons (Fsp3) is 0.250. The first-order chi connectivity index (χ1) is 5.24. The van der Waals surface area contributed by atoms with Crippen molar-refractivity contribution in [2.75, 3.05) is 0 Å². The lowest BCUT2D eigenvalue weighted by Crippen LogP contribution is -1.13. The molecule has 0 saturated carbocycles. The van der Waals surface area contributed by atoms with Crippen molar-refractivity contribution in [1.29, 1.82) is 0 Å². The monoisotopic (exact) mass is 169 g/mol. The Morgan fingerprint density at radius 1 is 0.818 bits per heavy atom. The molecule has 0 aliphatic carbocycles. The van der Waals surface area contributed by atoms with Crippen LogP contribution in [0.25, 0.3) is 16.2 Å². The Balaban J connectivity index is -0.0000000301. The van der Waals surface area contributed by atoms with Gasteiger partial charge in [-0.25, -0.2) is 0 Å². The summed E-state index contributed by atoms with van der Waals surface area (Å²) in [6.07, 6.45) is 1.50. The lowest BCUT2D eigenvalue weighted by Gasteiger charge is -1.32. The Labute approximate surface area is 66.6 Å². The van der Waals surface area contributed by atoms with Gasteiger partial charge in [0.1, 0.15) is 0 Å². The molecule has 3 radical (unpaired) electrons. The molecular weight excluding hydrogens is 166 g/mol. The topological polar surface area (TPSA) is 118 Å². The van der Waals surface area contributed by atoms with E-state index < -0.39 is 0 Å². The summed E-state index contributed by atoms with van der Waals surface area (Å²) < 4.78 is 0. The molecule has 0 amide bonds. The van der Waals surface area contributed by atoms with E-state index in [0.717, 1.165) is 0 Å². The molecule has 0 spiro atoms. The Morgan fingerprint density at radius 2 is 0.818 bits per heavy atom. The van der Waals surface area contributed by atoms with Crippen LogP contribution >= 0.6 is 0 Å². The first-order valence-electron chi connectivity index (χ1n) is 1.78. The maximum atomic E-state index is 8.24. The fourth-order valence-electron chi connectivity index (χ4n) is 0. The summed E-state index contributed by atoms with van der Waals surface area (Å²) >= 11 is 0. The van der Waals surface area contributed by atoms with Crippen molar-refractivity contribution in [2.24, 2.45) is 0 Å². The van der Waals surface area contributed by atoms with E-state index >= 15 is 0 Å². The molecule has 0 N–H and O–H groups in total. The number of nitrogens with zero attached hydrogens (tertiary/aromatic N) is 3. The van der Waals surface area contributed by atoms with Crippen LogP contribution in [0.1, 0.15) is 0 Å². The zero-order valence-corrected chi connectivity index (χ0v) is 6.57. The number of carbonyl (C=O) groups excluding carboxylic acids is 3. The lowest BCUT2D eigenvalue weighted by molar-refractivity contribution is 0.568. The summed E-state index contributed by atoms with van der Waals surface area (Å²) in [5, 5.41) is 20.3. The zero-order chi connectivity index (χ0) is 10.1. The van der Waals surface area contributed by atoms with Gasteiger partial charge in [0.25, 0.3) is 0 Å². The summed E-state index contributed by atoms with van der Waals surface area (Å²) in [5.74, 6) is 0. The van der Waals surface area contributed by atoms with Crippen molar-refractivity contribution in [3.8, 4) is 0 Å². The van der Waals surface area contributed by atoms with Gasteiger partial charge in [-0.1, -0.05) is 6.55 Å². The highest BCUT2D eigenvalue weighted by Crippen LogP contribution is 0.963. The lowest BCUT2D eigenvalue weighted by atomic mass is 11.7. The third-order valence-corrected chi connectivity index (χ3v) is 0. The van der Waals surface area contributed by atoms with E-state index in [1.807, 2.05) is 0 Å². The first kappa shape index (κ1) is 22.8. The summed E-state index contributed by atoms with van der Waals surface area (Å²) in [5.41, 5.74) is 0. The molecule has 0 aliphatic heterocycles. The predicted molar refractivity (Wildman–Crippen MR) is 38.8 cm³/mol. The Bertz CT molecular complexity index is 112. The highest BCUT2D eigenvalue weighted by atomic mass is 28.1. The largest absolute Gasteiger partial charge is 0.724 e. The molecule has 59 valence electrons. The SMILES string of the molecule is C[Si].[N-]=C=O.[N-]=C=O.[N-]=C=O. The molecule has 0 fully saturated rings. The Hall–Kier alpha value is -1.64. The minimum Gasteiger partial charge on any atom is -0.724 e. The second kappa shape index (κ2) is 246. The average molecular weight is 169 g/mol. The molecule has 0 atom stereocenters. The first-order valence-corrected chi connectivity index (χ1v) is 2.78. The van der Waals surface area contributed by atoms with E-state index in [-0.39, 0.29) is 0 Å².